The van der Waals surface area contributed by atoms with Crippen molar-refractivity contribution < 1.29 is 0 Å². The quantitative estimate of drug-likeness (QED) is 0.386. The van der Waals surface area contributed by atoms with Gasteiger partial charge in [0.2, 0.25) is 0 Å². The molecular formula is C16H23. The van der Waals surface area contributed by atoms with E-state index in [9.17, 15) is 0 Å². The molecule has 0 saturated heterocycles. The fraction of sp³-hybridized carbons (Fsp3) is 0.312. The summed E-state index contributed by atoms with van der Waals surface area (Å²) in [5, 5.41) is 0. The maximum Gasteiger partial charge on any atom is -0.0348 e. The van der Waals surface area contributed by atoms with Gasteiger partial charge < -0.3 is 0 Å². The highest BCUT2D eigenvalue weighted by Crippen LogP contribution is 1.99. The van der Waals surface area contributed by atoms with E-state index in [1.807, 2.05) is 49.5 Å². The molecule has 0 aliphatic carbocycles. The van der Waals surface area contributed by atoms with E-state index in [2.05, 4.69) is 25.2 Å². The Bertz CT molecular complexity index is 262. The largest absolute Gasteiger partial charge is 0.0877 e. The van der Waals surface area contributed by atoms with Crippen molar-refractivity contribution in [2.24, 2.45) is 0 Å². The third kappa shape index (κ3) is 12.7. The van der Waals surface area contributed by atoms with E-state index in [1.165, 1.54) is 12.8 Å². The lowest BCUT2D eigenvalue weighted by Gasteiger charge is -1.89. The van der Waals surface area contributed by atoms with Gasteiger partial charge in [-0.1, -0.05) is 80.5 Å². The van der Waals surface area contributed by atoms with E-state index in [-0.39, 0.29) is 0 Å². The van der Waals surface area contributed by atoms with Crippen molar-refractivity contribution in [1.82, 2.24) is 0 Å². The van der Waals surface area contributed by atoms with Crippen molar-refractivity contribution in [3.8, 4) is 0 Å². The van der Waals surface area contributed by atoms with E-state index in [0.29, 0.717) is 0 Å². The van der Waals surface area contributed by atoms with Crippen LogP contribution in [0.2, 0.25) is 0 Å². The molecule has 1 radical (unpaired) electrons. The first-order valence-electron chi connectivity index (χ1n) is 5.99. The lowest BCUT2D eigenvalue weighted by atomic mass is 10.2. The van der Waals surface area contributed by atoms with Gasteiger partial charge in [-0.3, -0.25) is 0 Å². The molecule has 87 valence electrons. The number of hydrogen-bond acceptors (Lipinski definition) is 0. The predicted octanol–water partition coefficient (Wildman–Crippen LogP) is 5.18. The summed E-state index contributed by atoms with van der Waals surface area (Å²) >= 11 is 0. The summed E-state index contributed by atoms with van der Waals surface area (Å²) in [5.74, 6) is 0. The molecular weight excluding hydrogens is 192 g/mol. The number of hydrogen-bond donors (Lipinski definition) is 0. The van der Waals surface area contributed by atoms with Gasteiger partial charge in [-0.05, 0) is 19.8 Å². The Hall–Kier alpha value is -1.30. The first-order chi connectivity index (χ1) is 7.91. The van der Waals surface area contributed by atoms with E-state index in [4.69, 9.17) is 0 Å². The van der Waals surface area contributed by atoms with Crippen LogP contribution in [0, 0.1) is 6.92 Å². The monoisotopic (exact) mass is 215 g/mol. The Morgan fingerprint density at radius 2 is 1.31 bits per heavy atom. The summed E-state index contributed by atoms with van der Waals surface area (Å²) < 4.78 is 0. The summed E-state index contributed by atoms with van der Waals surface area (Å²) in [6.07, 6.45) is 25.2. The van der Waals surface area contributed by atoms with Gasteiger partial charge in [0, 0.05) is 0 Å². The average molecular weight is 215 g/mol. The molecule has 0 aliphatic rings. The Kier molecular flexibility index (Phi) is 12.6. The minimum absolute atomic E-state index is 1.05. The molecule has 0 saturated carbocycles. The van der Waals surface area contributed by atoms with Crippen LogP contribution in [0.1, 0.15) is 32.6 Å². The maximum atomic E-state index is 3.82. The Morgan fingerprint density at radius 1 is 0.750 bits per heavy atom. The molecule has 0 rings (SSSR count). The first kappa shape index (κ1) is 14.7. The normalized spacial score (nSPS) is 13.4. The third-order valence-corrected chi connectivity index (χ3v) is 1.98. The molecule has 0 aromatic heterocycles. The van der Waals surface area contributed by atoms with E-state index < -0.39 is 0 Å². The molecule has 0 aliphatic heterocycles. The summed E-state index contributed by atoms with van der Waals surface area (Å²) in [6, 6.07) is 0. The fourth-order valence-electron chi connectivity index (χ4n) is 1.11. The van der Waals surface area contributed by atoms with Crippen LogP contribution in [-0.4, -0.2) is 0 Å². The van der Waals surface area contributed by atoms with Crippen molar-refractivity contribution in [2.75, 3.05) is 0 Å². The predicted molar refractivity (Wildman–Crippen MR) is 75.2 cm³/mol. The van der Waals surface area contributed by atoms with Crippen LogP contribution in [0.3, 0.4) is 0 Å². The van der Waals surface area contributed by atoms with Crippen molar-refractivity contribution in [3.05, 3.63) is 67.7 Å². The van der Waals surface area contributed by atoms with Crippen molar-refractivity contribution in [3.63, 3.8) is 0 Å². The van der Waals surface area contributed by atoms with E-state index in [1.54, 1.807) is 0 Å². The highest BCUT2D eigenvalue weighted by atomic mass is 13.9. The Balaban J connectivity index is 3.53. The summed E-state index contributed by atoms with van der Waals surface area (Å²) in [7, 11) is 0. The van der Waals surface area contributed by atoms with Crippen LogP contribution >= 0.6 is 0 Å². The SMILES string of the molecule is [CH2]CCCCC=CC=CC=CC=CC=CC. The van der Waals surface area contributed by atoms with Gasteiger partial charge >= 0.3 is 0 Å². The summed E-state index contributed by atoms with van der Waals surface area (Å²) in [4.78, 5) is 0. The van der Waals surface area contributed by atoms with Crippen LogP contribution in [-0.2, 0) is 0 Å². The van der Waals surface area contributed by atoms with Crippen LogP contribution in [0.4, 0.5) is 0 Å². The van der Waals surface area contributed by atoms with Crippen molar-refractivity contribution in [2.45, 2.75) is 32.6 Å². The molecule has 0 fully saturated rings. The van der Waals surface area contributed by atoms with Crippen LogP contribution in [0.15, 0.2) is 60.8 Å². The molecule has 0 heterocycles. The molecule has 0 aromatic carbocycles. The zero-order valence-electron chi connectivity index (χ0n) is 10.3. The molecule has 0 bridgehead atoms. The molecule has 0 heteroatoms. The van der Waals surface area contributed by atoms with Crippen LogP contribution in [0.25, 0.3) is 0 Å². The van der Waals surface area contributed by atoms with Gasteiger partial charge in [-0.2, -0.15) is 0 Å². The van der Waals surface area contributed by atoms with E-state index in [0.717, 1.165) is 12.8 Å². The average Bonchev–Trinajstić information content (AvgIpc) is 2.31. The maximum absolute atomic E-state index is 3.82. The molecule has 0 amide bonds. The minimum Gasteiger partial charge on any atom is -0.0877 e. The molecule has 0 N–H and O–H groups in total. The second-order valence-corrected chi connectivity index (χ2v) is 3.46. The Labute approximate surface area is 101 Å². The van der Waals surface area contributed by atoms with Crippen LogP contribution in [0.5, 0.6) is 0 Å². The molecule has 0 unspecified atom stereocenters. The van der Waals surface area contributed by atoms with Gasteiger partial charge in [0.1, 0.15) is 0 Å². The minimum atomic E-state index is 1.05. The molecule has 0 aromatic rings. The summed E-state index contributed by atoms with van der Waals surface area (Å²) in [6.45, 7) is 5.82. The molecule has 0 spiro atoms. The lowest BCUT2D eigenvalue weighted by Crippen LogP contribution is -1.69. The second-order valence-electron chi connectivity index (χ2n) is 3.46. The zero-order valence-corrected chi connectivity index (χ0v) is 10.3. The van der Waals surface area contributed by atoms with E-state index >= 15 is 0 Å². The highest BCUT2D eigenvalue weighted by molar-refractivity contribution is 5.17. The third-order valence-electron chi connectivity index (χ3n) is 1.98. The molecule has 0 nitrogen and oxygen atoms in total. The van der Waals surface area contributed by atoms with Gasteiger partial charge in [-0.25, -0.2) is 0 Å². The lowest BCUT2D eigenvalue weighted by molar-refractivity contribution is 0.760. The smallest absolute Gasteiger partial charge is 0.0348 e. The van der Waals surface area contributed by atoms with Gasteiger partial charge in [0.15, 0.2) is 0 Å². The fourth-order valence-corrected chi connectivity index (χ4v) is 1.11. The van der Waals surface area contributed by atoms with Gasteiger partial charge in [-0.15, -0.1) is 0 Å². The molecule has 16 heavy (non-hydrogen) atoms. The highest BCUT2D eigenvalue weighted by Gasteiger charge is 1.79. The number of rotatable bonds is 8. The van der Waals surface area contributed by atoms with Crippen molar-refractivity contribution >= 4 is 0 Å². The summed E-state index contributed by atoms with van der Waals surface area (Å²) in [5.41, 5.74) is 0. The first-order valence-corrected chi connectivity index (χ1v) is 5.99. The number of unbranched alkanes of at least 4 members (excludes halogenated alkanes) is 3. The standard InChI is InChI=1S/C16H23/c1-3-5-7-9-11-13-15-16-14-12-10-8-6-4-2/h4,6,8,10-16H,1,3,5,7,9H2,2H3. The van der Waals surface area contributed by atoms with Gasteiger partial charge in [0.05, 0.1) is 0 Å². The topological polar surface area (TPSA) is 0 Å². The van der Waals surface area contributed by atoms with Crippen LogP contribution < -0.4 is 0 Å². The van der Waals surface area contributed by atoms with Crippen molar-refractivity contribution in [1.29, 1.82) is 0 Å². The zero-order chi connectivity index (χ0) is 11.9. The second kappa shape index (κ2) is 13.7. The Morgan fingerprint density at radius 3 is 1.88 bits per heavy atom. The molecule has 0 atom stereocenters. The number of allylic oxidation sites excluding steroid dienone is 10. The van der Waals surface area contributed by atoms with Gasteiger partial charge in [0.25, 0.3) is 0 Å².